The van der Waals surface area contributed by atoms with Crippen molar-refractivity contribution in [3.05, 3.63) is 81.9 Å². The average Bonchev–Trinajstić information content (AvgIpc) is 2.99. The van der Waals surface area contributed by atoms with E-state index in [0.29, 0.717) is 35.1 Å². The van der Waals surface area contributed by atoms with E-state index in [-0.39, 0.29) is 17.3 Å². The monoisotopic (exact) mass is 410 g/mol. The third-order valence-corrected chi connectivity index (χ3v) is 6.04. The summed E-state index contributed by atoms with van der Waals surface area (Å²) < 4.78 is 41.5. The van der Waals surface area contributed by atoms with E-state index in [1.165, 1.54) is 24.3 Å². The molecule has 3 nitrogen and oxygen atoms in total. The van der Waals surface area contributed by atoms with Gasteiger partial charge in [-0.2, -0.15) is 0 Å². The fourth-order valence-corrected chi connectivity index (χ4v) is 4.90. The molecular weight excluding hydrogens is 393 g/mol. The number of Topliss-reactive ketones (excluding diaryl/α,β-unsaturated/α-hetero) is 2. The number of hydrogen-bond donors (Lipinski definition) is 0. The van der Waals surface area contributed by atoms with Crippen molar-refractivity contribution in [1.82, 2.24) is 0 Å². The molecule has 0 N–H and O–H groups in total. The molecule has 0 saturated carbocycles. The zero-order chi connectivity index (χ0) is 21.0. The first kappa shape index (κ1) is 18.9. The van der Waals surface area contributed by atoms with Crippen LogP contribution in [-0.4, -0.2) is 17.9 Å². The molecule has 152 valence electrons. The third kappa shape index (κ3) is 2.98. The first-order chi connectivity index (χ1) is 14.3. The third-order valence-electron chi connectivity index (χ3n) is 6.04. The lowest BCUT2D eigenvalue weighted by Gasteiger charge is -2.32. The highest BCUT2D eigenvalue weighted by molar-refractivity contribution is 6.23. The van der Waals surface area contributed by atoms with Crippen molar-refractivity contribution in [1.29, 1.82) is 0 Å². The maximum absolute atomic E-state index is 13.3. The van der Waals surface area contributed by atoms with Crippen LogP contribution in [-0.2, 0) is 4.79 Å². The van der Waals surface area contributed by atoms with E-state index in [4.69, 9.17) is 0 Å². The van der Waals surface area contributed by atoms with Crippen LogP contribution in [0.25, 0.3) is 5.57 Å². The van der Waals surface area contributed by atoms with E-state index in [9.17, 15) is 22.8 Å². The van der Waals surface area contributed by atoms with Gasteiger partial charge >= 0.3 is 6.36 Å². The predicted molar refractivity (Wildman–Crippen MR) is 104 cm³/mol. The largest absolute Gasteiger partial charge is 0.573 e. The molecule has 0 amide bonds. The minimum atomic E-state index is -4.78. The lowest BCUT2D eigenvalue weighted by Crippen LogP contribution is -2.25. The molecule has 0 aliphatic heterocycles. The molecule has 0 fully saturated rings. The summed E-state index contributed by atoms with van der Waals surface area (Å²) >= 11 is 0. The number of allylic oxidation sites excluding steroid dienone is 4. The Hall–Kier alpha value is -3.15. The van der Waals surface area contributed by atoms with Gasteiger partial charge < -0.3 is 4.74 Å². The van der Waals surface area contributed by atoms with Crippen LogP contribution in [0.5, 0.6) is 5.75 Å². The molecule has 0 bridgehead atoms. The standard InChI is InChI=1S/C24H17F3O3/c25-24(26,27)30-15-10-8-13(9-11-15)21-20-14(4-3-7-19(20)28)12-18-16-5-1-2-6-17(16)23(29)22(18)21/h1-2,5-6,8-11,21H,3-4,7,12H2. The van der Waals surface area contributed by atoms with E-state index >= 15 is 0 Å². The number of carbonyl (C=O) groups excluding carboxylic acids is 2. The molecule has 5 rings (SSSR count). The van der Waals surface area contributed by atoms with E-state index in [2.05, 4.69) is 4.74 Å². The Labute approximate surface area is 170 Å². The lowest BCUT2D eigenvalue weighted by molar-refractivity contribution is -0.274. The summed E-state index contributed by atoms with van der Waals surface area (Å²) in [5, 5.41) is 0. The van der Waals surface area contributed by atoms with Crippen LogP contribution in [0.2, 0.25) is 0 Å². The summed E-state index contributed by atoms with van der Waals surface area (Å²) in [5.41, 5.74) is 5.33. The zero-order valence-electron chi connectivity index (χ0n) is 15.9. The number of ketones is 2. The summed E-state index contributed by atoms with van der Waals surface area (Å²) in [6.07, 6.45) is -2.21. The number of ether oxygens (including phenoxy) is 1. The molecule has 30 heavy (non-hydrogen) atoms. The van der Waals surface area contributed by atoms with Gasteiger partial charge in [-0.25, -0.2) is 0 Å². The zero-order valence-corrected chi connectivity index (χ0v) is 15.9. The van der Waals surface area contributed by atoms with Gasteiger partial charge in [-0.1, -0.05) is 42.0 Å². The Kier molecular flexibility index (Phi) is 4.20. The van der Waals surface area contributed by atoms with Gasteiger partial charge in [-0.3, -0.25) is 9.59 Å². The lowest BCUT2D eigenvalue weighted by atomic mass is 9.69. The van der Waals surface area contributed by atoms with Crippen molar-refractivity contribution in [2.24, 2.45) is 0 Å². The van der Waals surface area contributed by atoms with Gasteiger partial charge in [0.05, 0.1) is 0 Å². The first-order valence-electron chi connectivity index (χ1n) is 9.81. The minimum absolute atomic E-state index is 0.0205. The molecule has 0 saturated heterocycles. The van der Waals surface area contributed by atoms with Crippen LogP contribution in [0, 0.1) is 0 Å². The van der Waals surface area contributed by atoms with Gasteiger partial charge in [0.25, 0.3) is 0 Å². The number of halogens is 3. The van der Waals surface area contributed by atoms with Gasteiger partial charge in [0.1, 0.15) is 5.75 Å². The molecule has 0 spiro atoms. The summed E-state index contributed by atoms with van der Waals surface area (Å²) in [7, 11) is 0. The molecule has 0 heterocycles. The Morgan fingerprint density at radius 3 is 2.27 bits per heavy atom. The second kappa shape index (κ2) is 6.69. The molecule has 1 unspecified atom stereocenters. The molecule has 0 aromatic heterocycles. The molecule has 2 aromatic rings. The summed E-state index contributed by atoms with van der Waals surface area (Å²) in [6.45, 7) is 0. The number of alkyl halides is 3. The van der Waals surface area contributed by atoms with Crippen LogP contribution in [0.15, 0.2) is 65.3 Å². The second-order valence-electron chi connectivity index (χ2n) is 7.79. The van der Waals surface area contributed by atoms with E-state index in [1.807, 2.05) is 18.2 Å². The van der Waals surface area contributed by atoms with Gasteiger partial charge in [0.2, 0.25) is 0 Å². The fourth-order valence-electron chi connectivity index (χ4n) is 4.90. The average molecular weight is 410 g/mol. The summed E-state index contributed by atoms with van der Waals surface area (Å²) in [5.74, 6) is -0.976. The smallest absolute Gasteiger partial charge is 0.406 e. The van der Waals surface area contributed by atoms with Gasteiger partial charge in [-0.15, -0.1) is 13.2 Å². The Bertz CT molecular complexity index is 1140. The van der Waals surface area contributed by atoms with Crippen LogP contribution in [0.1, 0.15) is 53.1 Å². The first-order valence-corrected chi connectivity index (χ1v) is 9.81. The van der Waals surface area contributed by atoms with E-state index in [1.54, 1.807) is 6.07 Å². The number of fused-ring (bicyclic) bond motifs is 2. The molecule has 3 aliphatic carbocycles. The van der Waals surface area contributed by atoms with Crippen molar-refractivity contribution >= 4 is 17.1 Å². The molecule has 1 atom stereocenters. The van der Waals surface area contributed by atoms with Gasteiger partial charge in [0, 0.05) is 29.0 Å². The molecule has 0 radical (unpaired) electrons. The van der Waals surface area contributed by atoms with Crippen LogP contribution in [0.3, 0.4) is 0 Å². The number of carbonyl (C=O) groups is 2. The predicted octanol–water partition coefficient (Wildman–Crippen LogP) is 5.77. The fraction of sp³-hybridized carbons (Fsp3) is 0.250. The van der Waals surface area contributed by atoms with E-state index in [0.717, 1.165) is 29.6 Å². The summed E-state index contributed by atoms with van der Waals surface area (Å²) in [6, 6.07) is 12.9. The Morgan fingerprint density at radius 2 is 1.57 bits per heavy atom. The normalized spacial score (nSPS) is 20.8. The Morgan fingerprint density at radius 1 is 0.867 bits per heavy atom. The second-order valence-corrected chi connectivity index (χ2v) is 7.79. The quantitative estimate of drug-likeness (QED) is 0.631. The highest BCUT2D eigenvalue weighted by atomic mass is 19.4. The minimum Gasteiger partial charge on any atom is -0.406 e. The van der Waals surface area contributed by atoms with Crippen molar-refractivity contribution in [2.75, 3.05) is 0 Å². The number of benzene rings is 2. The maximum atomic E-state index is 13.3. The SMILES string of the molecule is O=C1CCCC2=C1C(c1ccc(OC(F)(F)F)cc1)C1=C(C2)c2ccccc2C1=O. The number of hydrogen-bond acceptors (Lipinski definition) is 3. The van der Waals surface area contributed by atoms with E-state index < -0.39 is 12.3 Å². The van der Waals surface area contributed by atoms with Gasteiger partial charge in [0.15, 0.2) is 11.6 Å². The molecule has 2 aromatic carbocycles. The van der Waals surface area contributed by atoms with Crippen LogP contribution >= 0.6 is 0 Å². The maximum Gasteiger partial charge on any atom is 0.573 e. The van der Waals surface area contributed by atoms with Crippen molar-refractivity contribution in [3.8, 4) is 5.75 Å². The highest BCUT2D eigenvalue weighted by Gasteiger charge is 2.43. The molecule has 3 aliphatic rings. The summed E-state index contributed by atoms with van der Waals surface area (Å²) in [4.78, 5) is 26.2. The van der Waals surface area contributed by atoms with Crippen molar-refractivity contribution in [2.45, 2.75) is 38.0 Å². The van der Waals surface area contributed by atoms with Crippen LogP contribution in [0.4, 0.5) is 13.2 Å². The Balaban J connectivity index is 1.64. The van der Waals surface area contributed by atoms with Crippen LogP contribution < -0.4 is 4.74 Å². The van der Waals surface area contributed by atoms with Gasteiger partial charge in [-0.05, 0) is 48.1 Å². The molecule has 6 heteroatoms. The topological polar surface area (TPSA) is 43.4 Å². The highest BCUT2D eigenvalue weighted by Crippen LogP contribution is 2.52. The molecular formula is C24H17F3O3. The van der Waals surface area contributed by atoms with Crippen molar-refractivity contribution in [3.63, 3.8) is 0 Å². The van der Waals surface area contributed by atoms with Crippen molar-refractivity contribution < 1.29 is 27.5 Å². The number of rotatable bonds is 2.